The van der Waals surface area contributed by atoms with Crippen LogP contribution in [0.15, 0.2) is 33.7 Å². The van der Waals surface area contributed by atoms with E-state index in [0.29, 0.717) is 12.5 Å². The Labute approximate surface area is 117 Å². The molecule has 1 aliphatic heterocycles. The zero-order valence-electron chi connectivity index (χ0n) is 10.6. The van der Waals surface area contributed by atoms with Gasteiger partial charge in [-0.2, -0.15) is 0 Å². The highest BCUT2D eigenvalue weighted by molar-refractivity contribution is 9.10. The van der Waals surface area contributed by atoms with Crippen LogP contribution in [0.25, 0.3) is 0 Å². The van der Waals surface area contributed by atoms with Crippen LogP contribution in [0, 0.1) is 0 Å². The lowest BCUT2D eigenvalue weighted by molar-refractivity contribution is 0.428. The predicted octanol–water partition coefficient (Wildman–Crippen LogP) is 3.14. The van der Waals surface area contributed by atoms with Crippen molar-refractivity contribution < 1.29 is 0 Å². The van der Waals surface area contributed by atoms with E-state index in [0.717, 1.165) is 17.6 Å². The van der Waals surface area contributed by atoms with Crippen molar-refractivity contribution in [3.8, 4) is 0 Å². The highest BCUT2D eigenvalue weighted by atomic mass is 79.9. The molecule has 4 heteroatoms. The van der Waals surface area contributed by atoms with Gasteiger partial charge in [-0.3, -0.25) is 0 Å². The monoisotopic (exact) mass is 309 g/mol. The maximum atomic E-state index is 6.08. The second-order valence-electron chi connectivity index (χ2n) is 4.67. The zero-order valence-corrected chi connectivity index (χ0v) is 12.2. The van der Waals surface area contributed by atoms with Crippen molar-refractivity contribution in [2.45, 2.75) is 32.2 Å². The molecule has 1 fully saturated rings. The Kier molecular flexibility index (Phi) is 5.05. The van der Waals surface area contributed by atoms with Crippen molar-refractivity contribution in [1.82, 2.24) is 4.90 Å². The number of rotatable bonds is 2. The lowest BCUT2D eigenvalue weighted by atomic mass is 10.2. The molecule has 2 N–H and O–H groups in total. The maximum Gasteiger partial charge on any atom is 0.191 e. The number of halogens is 1. The molecule has 0 radical (unpaired) electrons. The first-order chi connectivity index (χ1) is 8.77. The standard InChI is InChI=1S/C14H20BrN3/c15-13-8-4-3-7-12(13)11-17-14(16)18-9-5-1-2-6-10-18/h3-4,7-8H,1-2,5-6,9-11H2,(H2,16,17). The second-order valence-corrected chi connectivity index (χ2v) is 5.52. The number of nitrogens with zero attached hydrogens (tertiary/aromatic N) is 2. The van der Waals surface area contributed by atoms with Crippen molar-refractivity contribution in [1.29, 1.82) is 0 Å². The summed E-state index contributed by atoms with van der Waals surface area (Å²) in [5.74, 6) is 0.688. The van der Waals surface area contributed by atoms with Gasteiger partial charge in [0, 0.05) is 17.6 Å². The van der Waals surface area contributed by atoms with E-state index in [1.807, 2.05) is 18.2 Å². The largest absolute Gasteiger partial charge is 0.370 e. The van der Waals surface area contributed by atoms with E-state index in [1.54, 1.807) is 0 Å². The summed E-state index contributed by atoms with van der Waals surface area (Å²) in [6.45, 7) is 2.74. The molecule has 98 valence electrons. The molecule has 0 unspecified atom stereocenters. The molecule has 1 aromatic rings. The van der Waals surface area contributed by atoms with Crippen molar-refractivity contribution in [2.75, 3.05) is 13.1 Å². The van der Waals surface area contributed by atoms with Gasteiger partial charge in [0.2, 0.25) is 0 Å². The minimum atomic E-state index is 0.643. The number of nitrogens with two attached hydrogens (primary N) is 1. The van der Waals surface area contributed by atoms with Crippen LogP contribution >= 0.6 is 15.9 Å². The van der Waals surface area contributed by atoms with Gasteiger partial charge >= 0.3 is 0 Å². The van der Waals surface area contributed by atoms with E-state index in [1.165, 1.54) is 31.2 Å². The van der Waals surface area contributed by atoms with E-state index in [9.17, 15) is 0 Å². The van der Waals surface area contributed by atoms with Crippen LogP contribution in [0.3, 0.4) is 0 Å². The normalized spacial score (nSPS) is 17.6. The first-order valence-electron chi connectivity index (χ1n) is 6.55. The van der Waals surface area contributed by atoms with Crippen LogP contribution in [-0.2, 0) is 6.54 Å². The Morgan fingerprint density at radius 2 is 1.83 bits per heavy atom. The lowest BCUT2D eigenvalue weighted by Crippen LogP contribution is -2.38. The van der Waals surface area contributed by atoms with Gasteiger partial charge in [-0.05, 0) is 24.5 Å². The number of guanidine groups is 1. The number of benzene rings is 1. The molecule has 1 saturated heterocycles. The first-order valence-corrected chi connectivity index (χ1v) is 7.35. The molecule has 1 aromatic carbocycles. The summed E-state index contributed by atoms with van der Waals surface area (Å²) >= 11 is 3.53. The second kappa shape index (κ2) is 6.78. The molecular weight excluding hydrogens is 290 g/mol. The summed E-state index contributed by atoms with van der Waals surface area (Å²) in [5, 5.41) is 0. The third-order valence-electron chi connectivity index (χ3n) is 3.30. The molecule has 0 amide bonds. The fourth-order valence-corrected chi connectivity index (χ4v) is 2.60. The summed E-state index contributed by atoms with van der Waals surface area (Å²) in [5.41, 5.74) is 7.25. The Morgan fingerprint density at radius 1 is 1.17 bits per heavy atom. The zero-order chi connectivity index (χ0) is 12.8. The van der Waals surface area contributed by atoms with Gasteiger partial charge in [0.25, 0.3) is 0 Å². The molecule has 2 rings (SSSR count). The minimum absolute atomic E-state index is 0.643. The molecule has 0 aliphatic carbocycles. The summed E-state index contributed by atoms with van der Waals surface area (Å²) in [6, 6.07) is 8.14. The van der Waals surface area contributed by atoms with Gasteiger partial charge in [0.05, 0.1) is 6.54 Å². The summed E-state index contributed by atoms with van der Waals surface area (Å²) in [4.78, 5) is 6.72. The van der Waals surface area contributed by atoms with E-state index in [-0.39, 0.29) is 0 Å². The number of likely N-dealkylation sites (tertiary alicyclic amines) is 1. The fourth-order valence-electron chi connectivity index (χ4n) is 2.19. The average molecular weight is 310 g/mol. The maximum absolute atomic E-state index is 6.08. The predicted molar refractivity (Wildman–Crippen MR) is 79.5 cm³/mol. The van der Waals surface area contributed by atoms with Gasteiger partial charge in [0.15, 0.2) is 5.96 Å². The molecule has 0 saturated carbocycles. The van der Waals surface area contributed by atoms with Crippen LogP contribution in [0.1, 0.15) is 31.2 Å². The summed E-state index contributed by atoms with van der Waals surface area (Å²) < 4.78 is 1.09. The van der Waals surface area contributed by atoms with E-state index >= 15 is 0 Å². The molecule has 0 atom stereocenters. The van der Waals surface area contributed by atoms with Crippen LogP contribution in [0.2, 0.25) is 0 Å². The molecule has 3 nitrogen and oxygen atoms in total. The van der Waals surface area contributed by atoms with Crippen molar-refractivity contribution in [2.24, 2.45) is 10.7 Å². The molecule has 0 aromatic heterocycles. The van der Waals surface area contributed by atoms with Gasteiger partial charge in [0.1, 0.15) is 0 Å². The third-order valence-corrected chi connectivity index (χ3v) is 4.07. The molecule has 1 aliphatic rings. The Balaban J connectivity index is 1.97. The lowest BCUT2D eigenvalue weighted by Gasteiger charge is -2.21. The minimum Gasteiger partial charge on any atom is -0.370 e. The SMILES string of the molecule is NC(=NCc1ccccc1Br)N1CCCCCC1. The summed E-state index contributed by atoms with van der Waals surface area (Å²) in [6.07, 6.45) is 5.08. The van der Waals surface area contributed by atoms with Crippen LogP contribution in [0.5, 0.6) is 0 Å². The first kappa shape index (κ1) is 13.4. The van der Waals surface area contributed by atoms with Crippen molar-refractivity contribution in [3.63, 3.8) is 0 Å². The highest BCUT2D eigenvalue weighted by Crippen LogP contribution is 2.17. The molecule has 18 heavy (non-hydrogen) atoms. The van der Waals surface area contributed by atoms with E-state index in [4.69, 9.17) is 5.73 Å². The highest BCUT2D eigenvalue weighted by Gasteiger charge is 2.10. The van der Waals surface area contributed by atoms with Gasteiger partial charge in [-0.15, -0.1) is 0 Å². The smallest absolute Gasteiger partial charge is 0.191 e. The molecule has 0 spiro atoms. The van der Waals surface area contributed by atoms with Crippen LogP contribution < -0.4 is 5.73 Å². The van der Waals surface area contributed by atoms with Crippen molar-refractivity contribution in [3.05, 3.63) is 34.3 Å². The van der Waals surface area contributed by atoms with Crippen molar-refractivity contribution >= 4 is 21.9 Å². The number of hydrogen-bond acceptors (Lipinski definition) is 1. The Bertz CT molecular complexity index is 409. The number of aliphatic imine (C=N–C) groups is 1. The topological polar surface area (TPSA) is 41.6 Å². The van der Waals surface area contributed by atoms with E-state index < -0.39 is 0 Å². The fraction of sp³-hybridized carbons (Fsp3) is 0.500. The molecule has 0 bridgehead atoms. The Morgan fingerprint density at radius 3 is 2.50 bits per heavy atom. The van der Waals surface area contributed by atoms with Gasteiger partial charge in [-0.1, -0.05) is 47.0 Å². The summed E-state index contributed by atoms with van der Waals surface area (Å²) in [7, 11) is 0. The van der Waals surface area contributed by atoms with Gasteiger partial charge < -0.3 is 10.6 Å². The van der Waals surface area contributed by atoms with E-state index in [2.05, 4.69) is 31.9 Å². The number of hydrogen-bond donors (Lipinski definition) is 1. The van der Waals surface area contributed by atoms with Crippen LogP contribution in [0.4, 0.5) is 0 Å². The van der Waals surface area contributed by atoms with Gasteiger partial charge in [-0.25, -0.2) is 4.99 Å². The molecule has 1 heterocycles. The van der Waals surface area contributed by atoms with Crippen LogP contribution in [-0.4, -0.2) is 23.9 Å². The Hall–Kier alpha value is -1.03. The third kappa shape index (κ3) is 3.73. The average Bonchev–Trinajstić information content (AvgIpc) is 2.66. The quantitative estimate of drug-likeness (QED) is 0.673. The molecular formula is C14H20BrN3.